The van der Waals surface area contributed by atoms with Gasteiger partial charge in [-0.25, -0.2) is 0 Å². The van der Waals surface area contributed by atoms with E-state index in [0.29, 0.717) is 0 Å². The first-order valence-corrected chi connectivity index (χ1v) is 15.2. The van der Waals surface area contributed by atoms with Crippen LogP contribution < -0.4 is 4.98 Å². The lowest BCUT2D eigenvalue weighted by atomic mass is 9.68. The monoisotopic (exact) mass is 387 g/mol. The summed E-state index contributed by atoms with van der Waals surface area (Å²) in [5.41, 5.74) is 2.96. The lowest BCUT2D eigenvalue weighted by Crippen LogP contribution is -2.56. The van der Waals surface area contributed by atoms with Gasteiger partial charge >= 0.3 is 0 Å². The Morgan fingerprint density at radius 3 is 1.67 bits per heavy atom. The zero-order chi connectivity index (χ0) is 19.4. The summed E-state index contributed by atoms with van der Waals surface area (Å²) in [5, 5.41) is 0. The van der Waals surface area contributed by atoms with Crippen molar-refractivity contribution in [3.63, 3.8) is 0 Å². The molecule has 0 heterocycles. The highest BCUT2D eigenvalue weighted by Gasteiger charge is 2.54. The summed E-state index contributed by atoms with van der Waals surface area (Å²) in [7, 11) is -1.41. The molecule has 0 saturated heterocycles. The van der Waals surface area contributed by atoms with Crippen molar-refractivity contribution in [2.75, 3.05) is 0 Å². The summed E-state index contributed by atoms with van der Waals surface area (Å²) >= 11 is 0. The zero-order valence-corrected chi connectivity index (χ0v) is 19.8. The van der Waals surface area contributed by atoms with Crippen LogP contribution in [-0.4, -0.2) is 13.8 Å². The zero-order valence-electron chi connectivity index (χ0n) is 18.8. The number of fused-ring (bicyclic) bond motifs is 5. The summed E-state index contributed by atoms with van der Waals surface area (Å²) in [6, 6.07) is 0. The van der Waals surface area contributed by atoms with Crippen molar-refractivity contribution in [3.8, 4) is 0 Å². The van der Waals surface area contributed by atoms with Gasteiger partial charge in [-0.15, -0.1) is 0 Å². The number of rotatable bonds is 2. The topological polar surface area (TPSA) is 12.0 Å². The molecule has 0 aliphatic heterocycles. The van der Waals surface area contributed by atoms with E-state index >= 15 is 0 Å². The van der Waals surface area contributed by atoms with Gasteiger partial charge in [0.1, 0.15) is 8.24 Å². The third-order valence-corrected chi connectivity index (χ3v) is 13.0. The molecule has 6 atom stereocenters. The van der Waals surface area contributed by atoms with Crippen molar-refractivity contribution >= 4 is 8.24 Å². The predicted molar refractivity (Wildman–Crippen MR) is 120 cm³/mol. The molecule has 27 heavy (non-hydrogen) atoms. The van der Waals surface area contributed by atoms with Crippen molar-refractivity contribution in [1.29, 1.82) is 0 Å². The quantitative estimate of drug-likeness (QED) is 0.391. The fourth-order valence-corrected chi connectivity index (χ4v) is 12.1. The largest absolute Gasteiger partial charge is 0.332 e. The van der Waals surface area contributed by atoms with Crippen LogP contribution in [0.25, 0.3) is 0 Å². The molecule has 1 nitrogen and oxygen atoms in total. The fraction of sp³-hybridized carbons (Fsp3) is 0.920. The van der Waals surface area contributed by atoms with Gasteiger partial charge in [0.25, 0.3) is 0 Å². The Morgan fingerprint density at radius 2 is 1.22 bits per heavy atom. The van der Waals surface area contributed by atoms with Gasteiger partial charge in [-0.1, -0.05) is 50.9 Å². The molecule has 0 spiro atoms. The molecule has 0 aromatic rings. The molecule has 154 valence electrons. The SMILES string of the molecule is C=C1C2CCCCC2C2CC([Si](C)(C)NC(C)(C)C)CC2C2CCCCC12. The Labute approximate surface area is 170 Å². The highest BCUT2D eigenvalue weighted by atomic mass is 28.3. The lowest BCUT2D eigenvalue weighted by Gasteiger charge is -2.40. The van der Waals surface area contributed by atoms with E-state index in [2.05, 4.69) is 38.8 Å². The van der Waals surface area contributed by atoms with E-state index < -0.39 is 8.24 Å². The maximum Gasteiger partial charge on any atom is 0.122 e. The van der Waals surface area contributed by atoms with Gasteiger partial charge in [0.05, 0.1) is 0 Å². The Hall–Kier alpha value is -0.0831. The summed E-state index contributed by atoms with van der Waals surface area (Å²) in [5.74, 6) is 5.73. The second-order valence-electron chi connectivity index (χ2n) is 12.3. The van der Waals surface area contributed by atoms with Crippen LogP contribution in [0.5, 0.6) is 0 Å². The molecular weight excluding hydrogens is 342 g/mol. The molecule has 4 aliphatic carbocycles. The van der Waals surface area contributed by atoms with Crippen LogP contribution in [0.3, 0.4) is 0 Å². The summed E-state index contributed by atoms with van der Waals surface area (Å²) in [4.78, 5) is 4.14. The molecule has 6 unspecified atom stereocenters. The van der Waals surface area contributed by atoms with Crippen LogP contribution in [0.4, 0.5) is 0 Å². The Bertz CT molecular complexity index is 525. The van der Waals surface area contributed by atoms with Gasteiger partial charge < -0.3 is 4.98 Å². The second-order valence-corrected chi connectivity index (χ2v) is 16.8. The first kappa shape index (κ1) is 20.2. The van der Waals surface area contributed by atoms with Crippen LogP contribution in [0.15, 0.2) is 12.2 Å². The van der Waals surface area contributed by atoms with E-state index in [0.717, 1.165) is 41.0 Å². The van der Waals surface area contributed by atoms with E-state index in [4.69, 9.17) is 6.58 Å². The third-order valence-electron chi connectivity index (χ3n) is 9.07. The normalized spacial score (nSPS) is 42.9. The standard InChI is InChI=1S/C25H45NSi/c1-17-19-11-7-9-13-21(19)23-15-18(27(5,6)26-25(2,3)4)16-24(23)22-14-10-8-12-20(17)22/h18-24,26H,1,7-16H2,2-6H3. The van der Waals surface area contributed by atoms with Gasteiger partial charge in [-0.2, -0.15) is 0 Å². The van der Waals surface area contributed by atoms with E-state index in [-0.39, 0.29) is 5.54 Å². The van der Waals surface area contributed by atoms with Crippen LogP contribution in [0, 0.1) is 35.5 Å². The van der Waals surface area contributed by atoms with Crippen molar-refractivity contribution in [2.45, 2.75) is 109 Å². The molecular formula is C25H45NSi. The summed E-state index contributed by atoms with van der Waals surface area (Å²) in [6.07, 6.45) is 14.9. The second kappa shape index (κ2) is 7.31. The van der Waals surface area contributed by atoms with Gasteiger partial charge in [-0.3, -0.25) is 0 Å². The van der Waals surface area contributed by atoms with E-state index in [1.807, 2.05) is 0 Å². The van der Waals surface area contributed by atoms with Crippen LogP contribution in [0.2, 0.25) is 18.6 Å². The van der Waals surface area contributed by atoms with Crippen molar-refractivity contribution in [1.82, 2.24) is 4.98 Å². The van der Waals surface area contributed by atoms with Crippen LogP contribution >= 0.6 is 0 Å². The molecule has 0 bridgehead atoms. The minimum absolute atomic E-state index is 0.259. The maximum atomic E-state index is 4.78. The van der Waals surface area contributed by atoms with Crippen molar-refractivity contribution in [3.05, 3.63) is 12.2 Å². The number of hydrogen-bond acceptors (Lipinski definition) is 1. The lowest BCUT2D eigenvalue weighted by molar-refractivity contribution is 0.126. The predicted octanol–water partition coefficient (Wildman–Crippen LogP) is 7.16. The average molecular weight is 388 g/mol. The number of allylic oxidation sites excluding steroid dienone is 1. The van der Waals surface area contributed by atoms with E-state index in [1.165, 1.54) is 64.2 Å². The molecule has 2 heteroatoms. The number of hydrogen-bond donors (Lipinski definition) is 1. The minimum Gasteiger partial charge on any atom is -0.332 e. The Morgan fingerprint density at radius 1 is 0.778 bits per heavy atom. The van der Waals surface area contributed by atoms with E-state index in [9.17, 15) is 0 Å². The maximum absolute atomic E-state index is 4.78. The highest BCUT2D eigenvalue weighted by Crippen LogP contribution is 2.62. The first-order chi connectivity index (χ1) is 12.7. The summed E-state index contributed by atoms with van der Waals surface area (Å²) in [6.45, 7) is 17.1. The molecule has 0 aromatic heterocycles. The number of nitrogens with one attached hydrogen (secondary N) is 1. The highest BCUT2D eigenvalue weighted by molar-refractivity contribution is 6.76. The van der Waals surface area contributed by atoms with Gasteiger partial charge in [0.2, 0.25) is 0 Å². The van der Waals surface area contributed by atoms with Gasteiger partial charge in [-0.05, 0) is 100 Å². The summed E-state index contributed by atoms with van der Waals surface area (Å²) < 4.78 is 0. The van der Waals surface area contributed by atoms with Gasteiger partial charge in [0, 0.05) is 5.54 Å². The Kier molecular flexibility index (Phi) is 5.47. The Balaban J connectivity index is 1.63. The first-order valence-electron chi connectivity index (χ1n) is 12.2. The van der Waals surface area contributed by atoms with Crippen molar-refractivity contribution in [2.24, 2.45) is 35.5 Å². The molecule has 4 saturated carbocycles. The van der Waals surface area contributed by atoms with E-state index in [1.54, 1.807) is 5.57 Å². The van der Waals surface area contributed by atoms with Crippen LogP contribution in [0.1, 0.15) is 85.0 Å². The third kappa shape index (κ3) is 3.87. The smallest absolute Gasteiger partial charge is 0.122 e. The average Bonchev–Trinajstić information content (AvgIpc) is 3.02. The van der Waals surface area contributed by atoms with Crippen LogP contribution in [-0.2, 0) is 0 Å². The molecule has 0 radical (unpaired) electrons. The van der Waals surface area contributed by atoms with Crippen molar-refractivity contribution < 1.29 is 0 Å². The molecule has 0 amide bonds. The molecule has 1 N–H and O–H groups in total. The molecule has 4 aliphatic rings. The van der Waals surface area contributed by atoms with Gasteiger partial charge in [0.15, 0.2) is 0 Å². The molecule has 0 aromatic carbocycles. The molecule has 4 rings (SSSR count). The fourth-order valence-electron chi connectivity index (χ4n) is 8.29. The molecule has 4 fully saturated rings. The minimum atomic E-state index is -1.41.